The van der Waals surface area contributed by atoms with E-state index >= 15 is 0 Å². The minimum atomic E-state index is 0.0822. The van der Waals surface area contributed by atoms with Crippen molar-refractivity contribution in [3.8, 4) is 0 Å². The number of carbonyl (C=O) groups is 1. The molecular formula is C19H16ClN3O2. The van der Waals surface area contributed by atoms with Gasteiger partial charge in [0.1, 0.15) is 5.76 Å². The predicted octanol–water partition coefficient (Wildman–Crippen LogP) is 4.25. The Bertz CT molecular complexity index is 892. The molecule has 0 saturated carbocycles. The van der Waals surface area contributed by atoms with E-state index in [1.165, 1.54) is 0 Å². The molecule has 2 heterocycles. The van der Waals surface area contributed by atoms with Crippen LogP contribution in [0.25, 0.3) is 0 Å². The zero-order valence-electron chi connectivity index (χ0n) is 13.4. The molecule has 0 unspecified atom stereocenters. The first-order chi connectivity index (χ1) is 12.2. The van der Waals surface area contributed by atoms with Crippen molar-refractivity contribution in [2.75, 3.05) is 5.32 Å². The molecule has 6 heteroatoms. The highest BCUT2D eigenvalue weighted by Crippen LogP contribution is 2.32. The van der Waals surface area contributed by atoms with Gasteiger partial charge in [0.25, 0.3) is 0 Å². The van der Waals surface area contributed by atoms with Crippen LogP contribution >= 0.6 is 11.6 Å². The molecule has 0 amide bonds. The number of hydrogen-bond acceptors (Lipinski definition) is 5. The van der Waals surface area contributed by atoms with Crippen LogP contribution in [0.4, 0.5) is 5.95 Å². The summed E-state index contributed by atoms with van der Waals surface area (Å²) in [6, 6.07) is 11.4. The quantitative estimate of drug-likeness (QED) is 0.759. The van der Waals surface area contributed by atoms with Crippen LogP contribution in [-0.2, 0) is 13.0 Å². The zero-order chi connectivity index (χ0) is 17.2. The Morgan fingerprint density at radius 2 is 2.04 bits per heavy atom. The van der Waals surface area contributed by atoms with Crippen molar-refractivity contribution >= 4 is 23.3 Å². The lowest BCUT2D eigenvalue weighted by atomic mass is 9.82. The van der Waals surface area contributed by atoms with Gasteiger partial charge in [-0.3, -0.25) is 4.79 Å². The van der Waals surface area contributed by atoms with Crippen LogP contribution in [0.5, 0.6) is 0 Å². The molecule has 126 valence electrons. The highest BCUT2D eigenvalue weighted by atomic mass is 35.5. The lowest BCUT2D eigenvalue weighted by Crippen LogP contribution is -2.21. The second-order valence-corrected chi connectivity index (χ2v) is 6.50. The van der Waals surface area contributed by atoms with Gasteiger partial charge in [-0.15, -0.1) is 0 Å². The van der Waals surface area contributed by atoms with E-state index in [4.69, 9.17) is 16.0 Å². The normalized spacial score (nSPS) is 16.5. The first-order valence-corrected chi connectivity index (χ1v) is 8.47. The van der Waals surface area contributed by atoms with E-state index in [0.29, 0.717) is 35.9 Å². The number of benzene rings is 1. The molecule has 1 N–H and O–H groups in total. The Balaban J connectivity index is 1.55. The highest BCUT2D eigenvalue weighted by molar-refractivity contribution is 6.30. The fourth-order valence-corrected chi connectivity index (χ4v) is 3.21. The summed E-state index contributed by atoms with van der Waals surface area (Å²) in [5.41, 5.74) is 2.51. The van der Waals surface area contributed by atoms with Gasteiger partial charge in [0.2, 0.25) is 5.95 Å². The molecule has 0 bridgehead atoms. The lowest BCUT2D eigenvalue weighted by molar-refractivity contribution is 0.0962. The molecule has 3 aromatic rings. The number of ketones is 1. The molecule has 1 aliphatic rings. The molecule has 0 aliphatic heterocycles. The van der Waals surface area contributed by atoms with Gasteiger partial charge in [-0.05, 0) is 42.2 Å². The summed E-state index contributed by atoms with van der Waals surface area (Å²) in [5.74, 6) is 1.50. The SMILES string of the molecule is O=C1C[C@@H](c2ccc(Cl)cc2)Cc2nc(NCc3ccco3)ncc21. The molecular weight excluding hydrogens is 338 g/mol. The van der Waals surface area contributed by atoms with Crippen molar-refractivity contribution in [3.63, 3.8) is 0 Å². The largest absolute Gasteiger partial charge is 0.467 e. The van der Waals surface area contributed by atoms with Crippen LogP contribution in [0.2, 0.25) is 5.02 Å². The smallest absolute Gasteiger partial charge is 0.223 e. The summed E-state index contributed by atoms with van der Waals surface area (Å²) in [5, 5.41) is 3.82. The molecule has 1 atom stereocenters. The fraction of sp³-hybridized carbons (Fsp3) is 0.211. The van der Waals surface area contributed by atoms with E-state index in [1.807, 2.05) is 36.4 Å². The Kier molecular flexibility index (Phi) is 4.24. The zero-order valence-corrected chi connectivity index (χ0v) is 14.2. The number of rotatable bonds is 4. The van der Waals surface area contributed by atoms with E-state index in [2.05, 4.69) is 15.3 Å². The number of hydrogen-bond donors (Lipinski definition) is 1. The van der Waals surface area contributed by atoms with Crippen LogP contribution in [0.3, 0.4) is 0 Å². The number of aromatic nitrogens is 2. The van der Waals surface area contributed by atoms with Crippen molar-refractivity contribution in [3.05, 3.63) is 76.5 Å². The van der Waals surface area contributed by atoms with Crippen molar-refractivity contribution in [2.24, 2.45) is 0 Å². The van der Waals surface area contributed by atoms with E-state index in [0.717, 1.165) is 17.0 Å². The number of furan rings is 1. The van der Waals surface area contributed by atoms with Crippen LogP contribution < -0.4 is 5.32 Å². The molecule has 5 nitrogen and oxygen atoms in total. The van der Waals surface area contributed by atoms with Gasteiger partial charge in [0.05, 0.1) is 24.1 Å². The van der Waals surface area contributed by atoms with Gasteiger partial charge in [0, 0.05) is 17.6 Å². The molecule has 4 rings (SSSR count). The maximum atomic E-state index is 12.5. The van der Waals surface area contributed by atoms with Crippen LogP contribution in [0.15, 0.2) is 53.3 Å². The minimum absolute atomic E-state index is 0.0822. The summed E-state index contributed by atoms with van der Waals surface area (Å²) in [6.07, 6.45) is 4.42. The predicted molar refractivity (Wildman–Crippen MR) is 94.9 cm³/mol. The summed E-state index contributed by atoms with van der Waals surface area (Å²) >= 11 is 5.95. The van der Waals surface area contributed by atoms with E-state index < -0.39 is 0 Å². The summed E-state index contributed by atoms with van der Waals surface area (Å²) in [7, 11) is 0. The third kappa shape index (κ3) is 3.42. The molecule has 1 aromatic carbocycles. The van der Waals surface area contributed by atoms with E-state index in [-0.39, 0.29) is 11.7 Å². The summed E-state index contributed by atoms with van der Waals surface area (Å²) in [6.45, 7) is 0.500. The first kappa shape index (κ1) is 15.8. The Hall–Kier alpha value is -2.66. The number of Topliss-reactive ketones (excluding diaryl/α,β-unsaturated/α-hetero) is 1. The Morgan fingerprint density at radius 1 is 1.20 bits per heavy atom. The average molecular weight is 354 g/mol. The number of nitrogens with one attached hydrogen (secondary N) is 1. The number of anilines is 1. The van der Waals surface area contributed by atoms with Crippen LogP contribution in [-0.4, -0.2) is 15.8 Å². The standard InChI is InChI=1S/C19H16ClN3O2/c20-14-5-3-12(4-6-14)13-8-17-16(18(24)9-13)11-22-19(23-17)21-10-15-2-1-7-25-15/h1-7,11,13H,8-10H2,(H,21,22,23)/t13-/m0/s1. The Morgan fingerprint density at radius 3 is 2.80 bits per heavy atom. The van der Waals surface area contributed by atoms with Gasteiger partial charge in [-0.25, -0.2) is 9.97 Å². The van der Waals surface area contributed by atoms with E-state index in [1.54, 1.807) is 12.5 Å². The molecule has 0 saturated heterocycles. The molecule has 1 aliphatic carbocycles. The lowest BCUT2D eigenvalue weighted by Gasteiger charge is -2.23. The van der Waals surface area contributed by atoms with Crippen molar-refractivity contribution in [2.45, 2.75) is 25.3 Å². The van der Waals surface area contributed by atoms with Gasteiger partial charge >= 0.3 is 0 Å². The van der Waals surface area contributed by atoms with Gasteiger partial charge < -0.3 is 9.73 Å². The summed E-state index contributed by atoms with van der Waals surface area (Å²) < 4.78 is 5.29. The van der Waals surface area contributed by atoms with E-state index in [9.17, 15) is 4.79 Å². The third-order valence-electron chi connectivity index (χ3n) is 4.38. The molecule has 2 aromatic heterocycles. The number of fused-ring (bicyclic) bond motifs is 1. The number of halogens is 1. The van der Waals surface area contributed by atoms with Gasteiger partial charge in [0.15, 0.2) is 5.78 Å². The molecule has 0 fully saturated rings. The second kappa shape index (κ2) is 6.69. The van der Waals surface area contributed by atoms with Gasteiger partial charge in [-0.2, -0.15) is 0 Å². The minimum Gasteiger partial charge on any atom is -0.467 e. The molecule has 25 heavy (non-hydrogen) atoms. The first-order valence-electron chi connectivity index (χ1n) is 8.10. The highest BCUT2D eigenvalue weighted by Gasteiger charge is 2.28. The average Bonchev–Trinajstić information content (AvgIpc) is 3.14. The van der Waals surface area contributed by atoms with Crippen LogP contribution in [0.1, 0.15) is 39.7 Å². The number of carbonyl (C=O) groups excluding carboxylic acids is 1. The Labute approximate surface area is 150 Å². The second-order valence-electron chi connectivity index (χ2n) is 6.07. The van der Waals surface area contributed by atoms with Crippen LogP contribution in [0, 0.1) is 0 Å². The summed E-state index contributed by atoms with van der Waals surface area (Å²) in [4.78, 5) is 21.2. The number of nitrogens with zero attached hydrogens (tertiary/aromatic N) is 2. The van der Waals surface area contributed by atoms with Gasteiger partial charge in [-0.1, -0.05) is 23.7 Å². The van der Waals surface area contributed by atoms with Crippen molar-refractivity contribution in [1.82, 2.24) is 9.97 Å². The monoisotopic (exact) mass is 353 g/mol. The fourth-order valence-electron chi connectivity index (χ4n) is 3.08. The maximum absolute atomic E-state index is 12.5. The van der Waals surface area contributed by atoms with Crippen molar-refractivity contribution in [1.29, 1.82) is 0 Å². The van der Waals surface area contributed by atoms with Crippen molar-refractivity contribution < 1.29 is 9.21 Å². The maximum Gasteiger partial charge on any atom is 0.223 e. The topological polar surface area (TPSA) is 68.0 Å². The molecule has 0 spiro atoms. The molecule has 0 radical (unpaired) electrons. The third-order valence-corrected chi connectivity index (χ3v) is 4.63.